The number of rotatable bonds is 9. The summed E-state index contributed by atoms with van der Waals surface area (Å²) in [5.41, 5.74) is 6.22. The van der Waals surface area contributed by atoms with Crippen LogP contribution in [-0.4, -0.2) is 20.0 Å². The van der Waals surface area contributed by atoms with Crippen molar-refractivity contribution >= 4 is 6.29 Å². The maximum atomic E-state index is 8.81. The van der Waals surface area contributed by atoms with Crippen molar-refractivity contribution < 1.29 is 9.53 Å². The van der Waals surface area contributed by atoms with E-state index < -0.39 is 0 Å². The Bertz CT molecular complexity index is 537. The van der Waals surface area contributed by atoms with E-state index >= 15 is 0 Å². The molecule has 0 spiro atoms. The molecule has 146 valence electrons. The lowest BCUT2D eigenvalue weighted by molar-refractivity contribution is -0.106. The van der Waals surface area contributed by atoms with Crippen LogP contribution in [0.5, 0.6) is 0 Å². The van der Waals surface area contributed by atoms with E-state index in [-0.39, 0.29) is 0 Å². The third-order valence-corrected chi connectivity index (χ3v) is 3.10. The zero-order valence-electron chi connectivity index (χ0n) is 17.8. The Kier molecular flexibility index (Phi) is 21.1. The van der Waals surface area contributed by atoms with Gasteiger partial charge >= 0.3 is 0 Å². The van der Waals surface area contributed by atoms with E-state index in [4.69, 9.17) is 9.53 Å². The molecule has 0 aliphatic carbocycles. The van der Waals surface area contributed by atoms with Crippen molar-refractivity contribution in [1.29, 1.82) is 0 Å². The summed E-state index contributed by atoms with van der Waals surface area (Å²) < 4.78 is 5.17. The number of hydrogen-bond acceptors (Lipinski definition) is 2. The minimum atomic E-state index is 0.665. The molecule has 0 aromatic rings. The van der Waals surface area contributed by atoms with E-state index in [0.29, 0.717) is 6.61 Å². The molecule has 0 aromatic heterocycles. The third kappa shape index (κ3) is 16.7. The molecular weight excluding hydrogens is 320 g/mol. The van der Waals surface area contributed by atoms with E-state index in [9.17, 15) is 0 Å². The SMILES string of the molecule is C=C(C)/C=C(/C)C(=C)C(=C)/C(=C\C(=C)CC)CCOC.C=CC.CC=O. The topological polar surface area (TPSA) is 26.3 Å². The summed E-state index contributed by atoms with van der Waals surface area (Å²) in [6.07, 6.45) is 8.36. The molecule has 26 heavy (non-hydrogen) atoms. The predicted octanol–water partition coefficient (Wildman–Crippen LogP) is 6.95. The van der Waals surface area contributed by atoms with Crippen molar-refractivity contribution in [3.63, 3.8) is 0 Å². The van der Waals surface area contributed by atoms with Crippen LogP contribution in [0.4, 0.5) is 0 Å². The lowest BCUT2D eigenvalue weighted by Gasteiger charge is -2.15. The van der Waals surface area contributed by atoms with Gasteiger partial charge in [0.1, 0.15) is 6.29 Å². The summed E-state index contributed by atoms with van der Waals surface area (Å²) in [6.45, 7) is 29.7. The molecule has 0 aromatic carbocycles. The van der Waals surface area contributed by atoms with Gasteiger partial charge in [-0.15, -0.1) is 6.58 Å². The van der Waals surface area contributed by atoms with Gasteiger partial charge in [0.15, 0.2) is 0 Å². The van der Waals surface area contributed by atoms with Gasteiger partial charge in [-0.3, -0.25) is 0 Å². The summed E-state index contributed by atoms with van der Waals surface area (Å²) in [5, 5.41) is 0. The molecule has 0 aliphatic heterocycles. The van der Waals surface area contributed by atoms with Crippen LogP contribution >= 0.6 is 0 Å². The highest BCUT2D eigenvalue weighted by Gasteiger charge is 2.09. The smallest absolute Gasteiger partial charge is 0.116 e. The number of aldehydes is 1. The summed E-state index contributed by atoms with van der Waals surface area (Å²) >= 11 is 0. The number of hydrogen-bond donors (Lipinski definition) is 0. The molecule has 2 nitrogen and oxygen atoms in total. The monoisotopic (exact) mass is 358 g/mol. The van der Waals surface area contributed by atoms with Crippen molar-refractivity contribution in [2.45, 2.75) is 47.5 Å². The summed E-state index contributed by atoms with van der Waals surface area (Å²) in [6, 6.07) is 0. The van der Waals surface area contributed by atoms with E-state index in [1.807, 2.05) is 26.8 Å². The standard InChI is InChI=1S/C19H28O.C3H6.C2H4O/c1-9-15(4)13-19(10-11-20-8)18(7)17(6)16(5)12-14(2)3;1-3-2;1-2-3/h12-13H,2,4,6-7,9-11H2,1,3,5,8H3;3H,1H2,2H3;2H,1H3/b16-12-,19-13-;;. The first-order valence-corrected chi connectivity index (χ1v) is 8.73. The van der Waals surface area contributed by atoms with Gasteiger partial charge in [0.2, 0.25) is 0 Å². The van der Waals surface area contributed by atoms with Gasteiger partial charge < -0.3 is 9.53 Å². The van der Waals surface area contributed by atoms with E-state index in [1.165, 1.54) is 6.92 Å². The zero-order valence-corrected chi connectivity index (χ0v) is 17.8. The van der Waals surface area contributed by atoms with Crippen LogP contribution in [0.1, 0.15) is 47.5 Å². The Balaban J connectivity index is -0.000000768. The fraction of sp³-hybridized carbons (Fsp3) is 0.375. The van der Waals surface area contributed by atoms with Crippen LogP contribution < -0.4 is 0 Å². The molecule has 0 radical (unpaired) electrons. The Hall–Kier alpha value is -2.19. The van der Waals surface area contributed by atoms with Gasteiger partial charge in [-0.2, -0.15) is 0 Å². The molecule has 0 saturated heterocycles. The van der Waals surface area contributed by atoms with Crippen LogP contribution in [0.15, 0.2) is 84.6 Å². The quantitative estimate of drug-likeness (QED) is 0.253. The lowest BCUT2D eigenvalue weighted by atomic mass is 9.91. The van der Waals surface area contributed by atoms with Crippen LogP contribution in [-0.2, 0) is 9.53 Å². The average Bonchev–Trinajstić information content (AvgIpc) is 2.57. The second-order valence-corrected chi connectivity index (χ2v) is 5.70. The van der Waals surface area contributed by atoms with Crippen molar-refractivity contribution in [1.82, 2.24) is 0 Å². The normalized spacial score (nSPS) is 10.4. The van der Waals surface area contributed by atoms with E-state index in [0.717, 1.165) is 52.6 Å². The maximum absolute atomic E-state index is 8.81. The molecule has 0 saturated carbocycles. The van der Waals surface area contributed by atoms with Gasteiger partial charge in [0.05, 0.1) is 6.61 Å². The molecular formula is C24H38O2. The Morgan fingerprint density at radius 2 is 1.46 bits per heavy atom. The molecule has 0 fully saturated rings. The molecule has 0 N–H and O–H groups in total. The van der Waals surface area contributed by atoms with Gasteiger partial charge in [0.25, 0.3) is 0 Å². The molecule has 0 amide bonds. The first-order valence-electron chi connectivity index (χ1n) is 8.73. The number of allylic oxidation sites excluding steroid dienone is 8. The van der Waals surface area contributed by atoms with Crippen molar-refractivity contribution in [2.24, 2.45) is 0 Å². The van der Waals surface area contributed by atoms with Gasteiger partial charge in [-0.25, -0.2) is 0 Å². The zero-order chi connectivity index (χ0) is 21.1. The Morgan fingerprint density at radius 3 is 1.81 bits per heavy atom. The molecule has 0 bridgehead atoms. The Morgan fingerprint density at radius 1 is 1.00 bits per heavy atom. The number of methoxy groups -OCH3 is 1. The second kappa shape index (κ2) is 19.1. The molecule has 0 aliphatic rings. The highest BCUT2D eigenvalue weighted by atomic mass is 16.5. The van der Waals surface area contributed by atoms with Crippen molar-refractivity contribution in [2.75, 3.05) is 13.7 Å². The van der Waals surface area contributed by atoms with Gasteiger partial charge in [-0.05, 0) is 62.8 Å². The van der Waals surface area contributed by atoms with Crippen molar-refractivity contribution in [3.05, 3.63) is 84.6 Å². The highest BCUT2D eigenvalue weighted by molar-refractivity contribution is 5.54. The predicted molar refractivity (Wildman–Crippen MR) is 118 cm³/mol. The summed E-state index contributed by atoms with van der Waals surface area (Å²) in [4.78, 5) is 8.81. The van der Waals surface area contributed by atoms with E-state index in [2.05, 4.69) is 45.9 Å². The van der Waals surface area contributed by atoms with Crippen LogP contribution in [0.3, 0.4) is 0 Å². The molecule has 0 heterocycles. The van der Waals surface area contributed by atoms with Gasteiger partial charge in [-0.1, -0.05) is 62.6 Å². The fourth-order valence-corrected chi connectivity index (χ4v) is 1.76. The number of carbonyl (C=O) groups excluding carboxylic acids is 1. The van der Waals surface area contributed by atoms with Gasteiger partial charge in [0, 0.05) is 7.11 Å². The summed E-state index contributed by atoms with van der Waals surface area (Å²) in [7, 11) is 1.70. The van der Waals surface area contributed by atoms with Crippen LogP contribution in [0.2, 0.25) is 0 Å². The number of ether oxygens (including phenoxy) is 1. The largest absolute Gasteiger partial charge is 0.384 e. The van der Waals surface area contributed by atoms with Crippen molar-refractivity contribution in [3.8, 4) is 0 Å². The first-order chi connectivity index (χ1) is 12.2. The van der Waals surface area contributed by atoms with Crippen LogP contribution in [0, 0.1) is 0 Å². The first kappa shape index (κ1) is 28.6. The lowest BCUT2D eigenvalue weighted by Crippen LogP contribution is -1.99. The molecule has 0 rings (SSSR count). The number of carbonyl (C=O) groups is 1. The minimum absolute atomic E-state index is 0.665. The minimum Gasteiger partial charge on any atom is -0.384 e. The third-order valence-electron chi connectivity index (χ3n) is 3.10. The second-order valence-electron chi connectivity index (χ2n) is 5.70. The highest BCUT2D eigenvalue weighted by Crippen LogP contribution is 2.26. The van der Waals surface area contributed by atoms with Crippen LogP contribution in [0.25, 0.3) is 0 Å². The fourth-order valence-electron chi connectivity index (χ4n) is 1.76. The van der Waals surface area contributed by atoms with E-state index in [1.54, 1.807) is 13.2 Å². The summed E-state index contributed by atoms with van der Waals surface area (Å²) in [5.74, 6) is 0. The maximum Gasteiger partial charge on any atom is 0.116 e. The molecule has 0 unspecified atom stereocenters. The average molecular weight is 359 g/mol. The molecule has 2 heteroatoms. The molecule has 0 atom stereocenters. The Labute approximate surface area is 162 Å².